The van der Waals surface area contributed by atoms with Gasteiger partial charge in [-0.05, 0) is 43.6 Å². The molecule has 2 aliphatic rings. The molecule has 112 valence electrons. The van der Waals surface area contributed by atoms with Gasteiger partial charge in [0, 0.05) is 24.0 Å². The first-order valence-corrected chi connectivity index (χ1v) is 8.65. The van der Waals surface area contributed by atoms with E-state index in [4.69, 9.17) is 5.11 Å². The van der Waals surface area contributed by atoms with E-state index in [1.165, 1.54) is 18.5 Å². The molecule has 21 heavy (non-hydrogen) atoms. The number of aliphatic hydroxyl groups excluding tert-OH is 1. The van der Waals surface area contributed by atoms with Crippen LogP contribution < -0.4 is 4.72 Å². The lowest BCUT2D eigenvalue weighted by atomic mass is 10.1. The highest BCUT2D eigenvalue weighted by atomic mass is 32.2. The van der Waals surface area contributed by atoms with E-state index in [0.717, 1.165) is 25.7 Å². The third-order valence-corrected chi connectivity index (χ3v) is 5.31. The van der Waals surface area contributed by atoms with Gasteiger partial charge >= 0.3 is 0 Å². The van der Waals surface area contributed by atoms with E-state index < -0.39 is 10.0 Å². The van der Waals surface area contributed by atoms with Crippen molar-refractivity contribution in [3.05, 3.63) is 24.0 Å². The van der Waals surface area contributed by atoms with Gasteiger partial charge in [-0.25, -0.2) is 13.1 Å². The van der Waals surface area contributed by atoms with Gasteiger partial charge in [-0.1, -0.05) is 11.8 Å². The fourth-order valence-corrected chi connectivity index (χ4v) is 3.87. The fraction of sp³-hybridized carbons (Fsp3) is 0.533. The van der Waals surface area contributed by atoms with Crippen molar-refractivity contribution in [1.29, 1.82) is 0 Å². The van der Waals surface area contributed by atoms with E-state index in [0.29, 0.717) is 17.4 Å². The Bertz CT molecular complexity index is 670. The summed E-state index contributed by atoms with van der Waals surface area (Å²) >= 11 is 0. The predicted octanol–water partition coefficient (Wildman–Crippen LogP) is 0.892. The molecule has 1 aromatic heterocycles. The largest absolute Gasteiger partial charge is 0.384 e. The highest BCUT2D eigenvalue weighted by Crippen LogP contribution is 2.45. The first-order valence-electron chi connectivity index (χ1n) is 7.17. The average Bonchev–Trinajstić information content (AvgIpc) is 3.36. The second-order valence-electron chi connectivity index (χ2n) is 5.69. The number of hydrogen-bond acceptors (Lipinski definition) is 4. The summed E-state index contributed by atoms with van der Waals surface area (Å²) in [6.07, 6.45) is 7.28. The first-order chi connectivity index (χ1) is 10.1. The number of nitrogens with one attached hydrogen (secondary N) is 1. The van der Waals surface area contributed by atoms with Crippen LogP contribution >= 0.6 is 0 Å². The van der Waals surface area contributed by atoms with Crippen molar-refractivity contribution >= 4 is 10.0 Å². The van der Waals surface area contributed by atoms with Crippen molar-refractivity contribution in [2.75, 3.05) is 6.61 Å². The molecule has 0 amide bonds. The zero-order valence-corrected chi connectivity index (χ0v) is 12.4. The Hall–Kier alpha value is -1.42. The van der Waals surface area contributed by atoms with E-state index >= 15 is 0 Å². The Morgan fingerprint density at radius 2 is 1.95 bits per heavy atom. The van der Waals surface area contributed by atoms with Crippen LogP contribution in [0, 0.1) is 23.7 Å². The number of sulfonamides is 1. The maximum absolute atomic E-state index is 12.5. The number of nitrogens with zero attached hydrogens (tertiary/aromatic N) is 1. The minimum atomic E-state index is -3.56. The Labute approximate surface area is 124 Å². The summed E-state index contributed by atoms with van der Waals surface area (Å²) in [7, 11) is -3.56. The minimum Gasteiger partial charge on any atom is -0.384 e. The van der Waals surface area contributed by atoms with Gasteiger partial charge < -0.3 is 5.11 Å². The summed E-state index contributed by atoms with van der Waals surface area (Å²) in [4.78, 5) is 4.07. The number of rotatable bonds is 5. The normalized spacial score (nSPS) is 18.4. The minimum absolute atomic E-state index is 0.0715. The van der Waals surface area contributed by atoms with Crippen LogP contribution in [0.5, 0.6) is 0 Å². The monoisotopic (exact) mass is 306 g/mol. The van der Waals surface area contributed by atoms with Crippen molar-refractivity contribution in [2.24, 2.45) is 11.8 Å². The molecule has 1 aromatic rings. The van der Waals surface area contributed by atoms with Crippen molar-refractivity contribution in [3.8, 4) is 11.8 Å². The van der Waals surface area contributed by atoms with Crippen LogP contribution in [0.2, 0.25) is 0 Å². The van der Waals surface area contributed by atoms with Gasteiger partial charge in [-0.15, -0.1) is 0 Å². The zero-order chi connectivity index (χ0) is 14.9. The third kappa shape index (κ3) is 3.62. The van der Waals surface area contributed by atoms with Crippen LogP contribution in [0.1, 0.15) is 31.2 Å². The molecule has 2 saturated carbocycles. The van der Waals surface area contributed by atoms with Crippen LogP contribution in [0.15, 0.2) is 23.4 Å². The molecule has 0 aliphatic heterocycles. The smallest absolute Gasteiger partial charge is 0.242 e. The maximum atomic E-state index is 12.5. The van der Waals surface area contributed by atoms with E-state index in [1.54, 1.807) is 0 Å². The van der Waals surface area contributed by atoms with Gasteiger partial charge in [0.1, 0.15) is 11.5 Å². The summed E-state index contributed by atoms with van der Waals surface area (Å²) in [5, 5.41) is 8.69. The number of aromatic nitrogens is 1. The maximum Gasteiger partial charge on any atom is 0.242 e. The Morgan fingerprint density at radius 3 is 2.52 bits per heavy atom. The van der Waals surface area contributed by atoms with Crippen molar-refractivity contribution in [2.45, 2.75) is 36.6 Å². The third-order valence-electron chi connectivity index (χ3n) is 3.89. The van der Waals surface area contributed by atoms with Crippen LogP contribution in [0.3, 0.4) is 0 Å². The van der Waals surface area contributed by atoms with Gasteiger partial charge in [0.2, 0.25) is 10.0 Å². The molecular weight excluding hydrogens is 288 g/mol. The predicted molar refractivity (Wildman–Crippen MR) is 77.8 cm³/mol. The molecule has 5 nitrogen and oxygen atoms in total. The summed E-state index contributed by atoms with van der Waals surface area (Å²) in [6.45, 7) is -0.263. The quantitative estimate of drug-likeness (QED) is 0.792. The van der Waals surface area contributed by atoms with Crippen LogP contribution in [-0.2, 0) is 10.0 Å². The zero-order valence-electron chi connectivity index (χ0n) is 11.6. The van der Waals surface area contributed by atoms with Crippen molar-refractivity contribution in [3.63, 3.8) is 0 Å². The molecule has 2 fully saturated rings. The lowest BCUT2D eigenvalue weighted by Crippen LogP contribution is -2.38. The lowest BCUT2D eigenvalue weighted by Gasteiger charge is -2.17. The Morgan fingerprint density at radius 1 is 1.29 bits per heavy atom. The van der Waals surface area contributed by atoms with Crippen LogP contribution in [-0.4, -0.2) is 31.2 Å². The van der Waals surface area contributed by atoms with Crippen molar-refractivity contribution < 1.29 is 13.5 Å². The number of aliphatic hydroxyl groups is 1. The molecule has 3 rings (SSSR count). The van der Waals surface area contributed by atoms with Gasteiger partial charge in [0.15, 0.2) is 0 Å². The summed E-state index contributed by atoms with van der Waals surface area (Å²) < 4.78 is 27.8. The summed E-state index contributed by atoms with van der Waals surface area (Å²) in [6, 6.07) is 1.57. The van der Waals surface area contributed by atoms with E-state index in [-0.39, 0.29) is 17.5 Å². The molecule has 1 heterocycles. The molecule has 0 radical (unpaired) electrons. The highest BCUT2D eigenvalue weighted by molar-refractivity contribution is 7.89. The molecule has 2 aliphatic carbocycles. The molecule has 0 saturated heterocycles. The molecule has 2 N–H and O–H groups in total. The topological polar surface area (TPSA) is 79.3 Å². The van der Waals surface area contributed by atoms with Crippen LogP contribution in [0.25, 0.3) is 0 Å². The van der Waals surface area contributed by atoms with Gasteiger partial charge in [0.05, 0.1) is 0 Å². The molecule has 0 unspecified atom stereocenters. The van der Waals surface area contributed by atoms with Crippen molar-refractivity contribution in [1.82, 2.24) is 9.71 Å². The highest BCUT2D eigenvalue weighted by Gasteiger charge is 2.43. The average molecular weight is 306 g/mol. The molecule has 0 atom stereocenters. The number of hydrogen-bond donors (Lipinski definition) is 2. The van der Waals surface area contributed by atoms with Gasteiger partial charge in [-0.3, -0.25) is 4.98 Å². The Kier molecular flexibility index (Phi) is 3.98. The molecule has 0 aromatic carbocycles. The fourth-order valence-electron chi connectivity index (χ4n) is 2.51. The SMILES string of the molecule is O=S(=O)(NC(C1CC1)C1CC1)c1cncc(C#CCO)c1. The lowest BCUT2D eigenvalue weighted by molar-refractivity contribution is 0.350. The second-order valence-corrected chi connectivity index (χ2v) is 7.41. The van der Waals surface area contributed by atoms with E-state index in [2.05, 4.69) is 21.5 Å². The van der Waals surface area contributed by atoms with E-state index in [1.807, 2.05) is 0 Å². The molecule has 0 spiro atoms. The standard InChI is InChI=1S/C15H18N2O3S/c18-7-1-2-11-8-14(10-16-9-11)21(19,20)17-15(12-3-4-12)13-5-6-13/h8-10,12-13,15,17-18H,3-7H2. The van der Waals surface area contributed by atoms with E-state index in [9.17, 15) is 8.42 Å². The Balaban J connectivity index is 1.80. The van der Waals surface area contributed by atoms with Crippen LogP contribution in [0.4, 0.5) is 0 Å². The molecule has 6 heteroatoms. The summed E-state index contributed by atoms with van der Waals surface area (Å²) in [5.41, 5.74) is 0.487. The van der Waals surface area contributed by atoms with Gasteiger partial charge in [-0.2, -0.15) is 0 Å². The van der Waals surface area contributed by atoms with Gasteiger partial charge in [0.25, 0.3) is 0 Å². The summed E-state index contributed by atoms with van der Waals surface area (Å²) in [5.74, 6) is 6.16. The number of pyridine rings is 1. The second kappa shape index (κ2) is 5.76. The first kappa shape index (κ1) is 14.5. The molecule has 0 bridgehead atoms. The molecular formula is C15H18N2O3S.